The second kappa shape index (κ2) is 18.1. The van der Waals surface area contributed by atoms with Crippen LogP contribution in [0.25, 0.3) is 21.8 Å². The highest BCUT2D eigenvalue weighted by Gasteiger charge is 2.34. The van der Waals surface area contributed by atoms with Gasteiger partial charge in [-0.15, -0.1) is 0 Å². The lowest BCUT2D eigenvalue weighted by Gasteiger charge is -2.20. The van der Waals surface area contributed by atoms with E-state index in [1.165, 1.54) is 30.3 Å². The Hall–Kier alpha value is -6.28. The van der Waals surface area contributed by atoms with E-state index in [9.17, 15) is 22.8 Å². The lowest BCUT2D eigenvalue weighted by Crippen LogP contribution is -2.38. The molecular formula is C43H34Cl3F3N8O2. The Kier molecular flexibility index (Phi) is 13.0. The van der Waals surface area contributed by atoms with Crippen LogP contribution in [0.15, 0.2) is 127 Å². The van der Waals surface area contributed by atoms with Gasteiger partial charge in [-0.3, -0.25) is 19.6 Å². The van der Waals surface area contributed by atoms with Gasteiger partial charge >= 0.3 is 6.18 Å². The normalized spacial score (nSPS) is 12.5. The van der Waals surface area contributed by atoms with E-state index in [2.05, 4.69) is 31.2 Å². The van der Waals surface area contributed by atoms with Crippen LogP contribution in [0, 0.1) is 10.8 Å². The molecule has 0 saturated heterocycles. The monoisotopic (exact) mass is 856 g/mol. The van der Waals surface area contributed by atoms with Gasteiger partial charge in [-0.1, -0.05) is 65.1 Å². The third kappa shape index (κ3) is 10.4. The summed E-state index contributed by atoms with van der Waals surface area (Å²) >= 11 is 19.4. The number of benzene rings is 4. The number of amides is 2. The standard InChI is InChI=1S/C43H34Cl3F3N8O2/c1-23(13-24-14-27(16-28(44)15-24)35(50)21-39(52-2)56-41(58)30-19-37-25(17-33(30)45)7-5-11-53-37)55-40(22-36(51)29-9-3-4-10-32(29)43(47,48)49)57-42(59)31-20-38-26(18-34(31)46)8-6-12-54-38/h3-12,14-23,50-52,55H,13H2,1-2H3,(H,56,58)(H,57,59)/b39-21+,40-22+,50-35?,51-36?. The molecule has 2 aromatic heterocycles. The van der Waals surface area contributed by atoms with Crippen molar-refractivity contribution < 1.29 is 22.8 Å². The molecule has 0 saturated carbocycles. The predicted molar refractivity (Wildman–Crippen MR) is 227 cm³/mol. The van der Waals surface area contributed by atoms with Gasteiger partial charge in [0.15, 0.2) is 0 Å². The predicted octanol–water partition coefficient (Wildman–Crippen LogP) is 9.48. The number of allylic oxidation sites excluding steroid dienone is 2. The second-order valence-electron chi connectivity index (χ2n) is 13.3. The van der Waals surface area contributed by atoms with E-state index in [1.807, 2.05) is 6.07 Å². The van der Waals surface area contributed by atoms with Gasteiger partial charge in [-0.2, -0.15) is 13.2 Å². The molecule has 0 spiro atoms. The second-order valence-corrected chi connectivity index (χ2v) is 14.5. The Morgan fingerprint density at radius 2 is 1.29 bits per heavy atom. The first kappa shape index (κ1) is 42.3. The van der Waals surface area contributed by atoms with Crippen molar-refractivity contribution in [3.05, 3.63) is 176 Å². The number of nitrogens with one attached hydrogen (secondary N) is 6. The summed E-state index contributed by atoms with van der Waals surface area (Å²) in [6.07, 6.45) is 1.19. The maximum absolute atomic E-state index is 13.9. The summed E-state index contributed by atoms with van der Waals surface area (Å²) in [6.45, 7) is 1.76. The van der Waals surface area contributed by atoms with Crippen LogP contribution < -0.4 is 21.3 Å². The molecule has 0 aliphatic heterocycles. The van der Waals surface area contributed by atoms with Gasteiger partial charge in [-0.25, -0.2) is 0 Å². The van der Waals surface area contributed by atoms with Crippen molar-refractivity contribution in [3.63, 3.8) is 0 Å². The molecule has 0 bridgehead atoms. The molecule has 2 amide bonds. The van der Waals surface area contributed by atoms with Gasteiger partial charge in [0.2, 0.25) is 0 Å². The summed E-state index contributed by atoms with van der Waals surface area (Å²) in [5.41, 5.74) is 0.465. The Bertz CT molecular complexity index is 2700. The third-order valence-corrected chi connectivity index (χ3v) is 9.79. The molecule has 0 radical (unpaired) electrons. The molecule has 1 atom stereocenters. The van der Waals surface area contributed by atoms with Gasteiger partial charge in [0.05, 0.1) is 49.2 Å². The van der Waals surface area contributed by atoms with Crippen LogP contribution in [0.4, 0.5) is 13.2 Å². The van der Waals surface area contributed by atoms with Crippen LogP contribution in [0.1, 0.15) is 49.9 Å². The van der Waals surface area contributed by atoms with Gasteiger partial charge in [0.25, 0.3) is 11.8 Å². The summed E-state index contributed by atoms with van der Waals surface area (Å²) in [5, 5.41) is 31.0. The maximum Gasteiger partial charge on any atom is 0.417 e. The van der Waals surface area contributed by atoms with Crippen molar-refractivity contribution in [3.8, 4) is 0 Å². The minimum absolute atomic E-state index is 0.00309. The van der Waals surface area contributed by atoms with Crippen LogP contribution in [-0.4, -0.2) is 46.3 Å². The molecular weight excluding hydrogens is 824 g/mol. The number of carbonyl (C=O) groups excluding carboxylic acids is 2. The number of alkyl halides is 3. The SMILES string of the molecule is CN/C(=C\C(=N)c1cc(Cl)cc(CC(C)N/C(=C\C(=N)c2ccccc2C(F)(F)F)NC(=O)c2cc3ncccc3cc2Cl)c1)NC(=O)c1cc2ncccc2cc1Cl. The number of hydrogen-bond donors (Lipinski definition) is 6. The minimum Gasteiger partial charge on any atom is -0.375 e. The number of hydrogen-bond acceptors (Lipinski definition) is 8. The molecule has 59 heavy (non-hydrogen) atoms. The average Bonchev–Trinajstić information content (AvgIpc) is 3.19. The number of rotatable bonds is 13. The first-order valence-electron chi connectivity index (χ1n) is 17.8. The Balaban J connectivity index is 1.23. The molecule has 6 N–H and O–H groups in total. The topological polar surface area (TPSA) is 156 Å². The van der Waals surface area contributed by atoms with Gasteiger partial charge < -0.3 is 32.1 Å². The van der Waals surface area contributed by atoms with Crippen LogP contribution in [0.3, 0.4) is 0 Å². The third-order valence-electron chi connectivity index (χ3n) is 8.95. The number of pyridine rings is 2. The number of nitrogens with zero attached hydrogens (tertiary/aromatic N) is 2. The van der Waals surface area contributed by atoms with Gasteiger partial charge in [0.1, 0.15) is 11.6 Å². The van der Waals surface area contributed by atoms with Crippen LogP contribution >= 0.6 is 34.8 Å². The molecule has 300 valence electrons. The molecule has 10 nitrogen and oxygen atoms in total. The Labute approximate surface area is 351 Å². The molecule has 0 aliphatic carbocycles. The number of halogens is 6. The Morgan fingerprint density at radius 1 is 0.729 bits per heavy atom. The van der Waals surface area contributed by atoms with Crippen LogP contribution in [-0.2, 0) is 12.6 Å². The molecule has 16 heteroatoms. The Morgan fingerprint density at radius 3 is 1.86 bits per heavy atom. The van der Waals surface area contributed by atoms with E-state index in [1.54, 1.807) is 81.0 Å². The fraction of sp³-hybridized carbons (Fsp3) is 0.116. The summed E-state index contributed by atoms with van der Waals surface area (Å²) in [5.74, 6) is -1.08. The van der Waals surface area contributed by atoms with Crippen molar-refractivity contribution in [1.29, 1.82) is 10.8 Å². The maximum atomic E-state index is 13.9. The zero-order valence-corrected chi connectivity index (χ0v) is 33.5. The average molecular weight is 858 g/mol. The molecule has 0 fully saturated rings. The lowest BCUT2D eigenvalue weighted by atomic mass is 10.0. The summed E-state index contributed by atoms with van der Waals surface area (Å²) < 4.78 is 41.8. The summed E-state index contributed by atoms with van der Waals surface area (Å²) in [4.78, 5) is 35.4. The summed E-state index contributed by atoms with van der Waals surface area (Å²) in [6, 6.07) is 22.5. The van der Waals surface area contributed by atoms with E-state index in [4.69, 9.17) is 45.6 Å². The number of carbonyl (C=O) groups is 2. The molecule has 1 unspecified atom stereocenters. The molecule has 6 aromatic rings. The molecule has 6 rings (SSSR count). The molecule has 4 aromatic carbocycles. The van der Waals surface area contributed by atoms with Crippen LogP contribution in [0.2, 0.25) is 15.1 Å². The summed E-state index contributed by atoms with van der Waals surface area (Å²) in [7, 11) is 1.58. The lowest BCUT2D eigenvalue weighted by molar-refractivity contribution is -0.137. The van der Waals surface area contributed by atoms with Crippen molar-refractivity contribution >= 4 is 79.8 Å². The van der Waals surface area contributed by atoms with Gasteiger partial charge in [-0.05, 0) is 79.6 Å². The van der Waals surface area contributed by atoms with Crippen molar-refractivity contribution in [2.75, 3.05) is 7.05 Å². The number of aromatic nitrogens is 2. The van der Waals surface area contributed by atoms with Crippen molar-refractivity contribution in [1.82, 2.24) is 31.2 Å². The van der Waals surface area contributed by atoms with E-state index >= 15 is 0 Å². The fourth-order valence-corrected chi connectivity index (χ4v) is 6.98. The smallest absolute Gasteiger partial charge is 0.375 e. The first-order valence-corrected chi connectivity index (χ1v) is 19.0. The van der Waals surface area contributed by atoms with Gasteiger partial charge in [0, 0.05) is 64.6 Å². The van der Waals surface area contributed by atoms with E-state index in [-0.39, 0.29) is 44.9 Å². The highest BCUT2D eigenvalue weighted by atomic mass is 35.5. The quantitative estimate of drug-likeness (QED) is 0.0636. The highest BCUT2D eigenvalue weighted by molar-refractivity contribution is 6.35. The van der Waals surface area contributed by atoms with E-state index in [0.717, 1.165) is 17.5 Å². The van der Waals surface area contributed by atoms with E-state index < -0.39 is 40.9 Å². The zero-order chi connectivity index (χ0) is 42.4. The largest absolute Gasteiger partial charge is 0.417 e. The number of fused-ring (bicyclic) bond motifs is 2. The zero-order valence-electron chi connectivity index (χ0n) is 31.2. The fourth-order valence-electron chi connectivity index (χ4n) is 6.21. The molecule has 0 aliphatic rings. The van der Waals surface area contributed by atoms with Crippen LogP contribution in [0.5, 0.6) is 0 Å². The highest BCUT2D eigenvalue weighted by Crippen LogP contribution is 2.32. The van der Waals surface area contributed by atoms with Crippen molar-refractivity contribution in [2.45, 2.75) is 25.6 Å². The minimum atomic E-state index is -4.73. The molecule has 2 heterocycles. The first-order chi connectivity index (χ1) is 28.1. The van der Waals surface area contributed by atoms with Crippen molar-refractivity contribution in [2.24, 2.45) is 0 Å². The van der Waals surface area contributed by atoms with E-state index in [0.29, 0.717) is 32.6 Å².